The van der Waals surface area contributed by atoms with Gasteiger partial charge in [0.05, 0.1) is 17.1 Å². The number of hydrogen-bond acceptors (Lipinski definition) is 4. The van der Waals surface area contributed by atoms with Crippen molar-refractivity contribution in [2.24, 2.45) is 0 Å². The molecule has 0 radical (unpaired) electrons. The van der Waals surface area contributed by atoms with E-state index in [2.05, 4.69) is 5.10 Å². The molecule has 0 atom stereocenters. The predicted octanol–water partition coefficient (Wildman–Crippen LogP) is 1.96. The highest BCUT2D eigenvalue weighted by atomic mass is 19.1. The Bertz CT molecular complexity index is 637. The van der Waals surface area contributed by atoms with E-state index in [1.54, 1.807) is 26.0 Å². The first-order chi connectivity index (χ1) is 9.47. The first-order valence-corrected chi connectivity index (χ1v) is 6.17. The van der Waals surface area contributed by atoms with Crippen molar-refractivity contribution in [3.8, 4) is 0 Å². The lowest BCUT2D eigenvalue weighted by atomic mass is 10.2. The maximum atomic E-state index is 13.0. The van der Waals surface area contributed by atoms with Gasteiger partial charge in [0.2, 0.25) is 0 Å². The first kappa shape index (κ1) is 14.0. The summed E-state index contributed by atoms with van der Waals surface area (Å²) in [5.41, 5.74) is 8.37. The Balaban J connectivity index is 1.94. The van der Waals surface area contributed by atoms with E-state index < -0.39 is 5.97 Å². The number of halogens is 1. The van der Waals surface area contributed by atoms with Gasteiger partial charge in [-0.25, -0.2) is 4.39 Å². The van der Waals surface area contributed by atoms with Crippen LogP contribution in [-0.4, -0.2) is 15.7 Å². The summed E-state index contributed by atoms with van der Waals surface area (Å²) in [7, 11) is 0. The van der Waals surface area contributed by atoms with Crippen LogP contribution in [0.4, 0.5) is 10.1 Å². The highest BCUT2D eigenvalue weighted by Gasteiger charge is 2.12. The van der Waals surface area contributed by atoms with Crippen molar-refractivity contribution < 1.29 is 13.9 Å². The largest absolute Gasteiger partial charge is 0.459 e. The Morgan fingerprint density at radius 3 is 2.80 bits per heavy atom. The van der Waals surface area contributed by atoms with E-state index in [0.29, 0.717) is 16.9 Å². The van der Waals surface area contributed by atoms with Crippen LogP contribution in [0.5, 0.6) is 0 Å². The third-order valence-corrected chi connectivity index (χ3v) is 3.01. The molecule has 0 aliphatic heterocycles. The molecule has 0 amide bonds. The summed E-state index contributed by atoms with van der Waals surface area (Å²) in [6.07, 6.45) is 0. The maximum absolute atomic E-state index is 13.0. The lowest BCUT2D eigenvalue weighted by molar-refractivity contribution is -0.145. The molecule has 0 saturated heterocycles. The van der Waals surface area contributed by atoms with Crippen molar-refractivity contribution in [3.05, 3.63) is 47.0 Å². The number of nitrogens with zero attached hydrogens (tertiary/aromatic N) is 2. The number of aromatic nitrogens is 2. The summed E-state index contributed by atoms with van der Waals surface area (Å²) < 4.78 is 19.6. The number of carbonyl (C=O) groups excluding carboxylic acids is 1. The Morgan fingerprint density at radius 1 is 1.45 bits per heavy atom. The lowest BCUT2D eigenvalue weighted by Crippen LogP contribution is -2.15. The second-order valence-electron chi connectivity index (χ2n) is 4.53. The second kappa shape index (κ2) is 5.73. The molecule has 2 rings (SSSR count). The third kappa shape index (κ3) is 3.14. The average Bonchev–Trinajstić information content (AvgIpc) is 2.64. The minimum Gasteiger partial charge on any atom is -0.459 e. The molecule has 0 spiro atoms. The van der Waals surface area contributed by atoms with Crippen LogP contribution in [0.15, 0.2) is 24.3 Å². The van der Waals surface area contributed by atoms with Gasteiger partial charge in [-0.3, -0.25) is 9.48 Å². The van der Waals surface area contributed by atoms with Gasteiger partial charge in [-0.1, -0.05) is 12.1 Å². The van der Waals surface area contributed by atoms with Gasteiger partial charge >= 0.3 is 5.97 Å². The second-order valence-corrected chi connectivity index (χ2v) is 4.53. The summed E-state index contributed by atoms with van der Waals surface area (Å²) in [5, 5.41) is 4.15. The van der Waals surface area contributed by atoms with Crippen LogP contribution in [0.25, 0.3) is 0 Å². The Hall–Kier alpha value is -2.37. The molecule has 2 aromatic rings. The Labute approximate surface area is 116 Å². The van der Waals surface area contributed by atoms with Gasteiger partial charge in [0, 0.05) is 0 Å². The molecular formula is C14H16FN3O2. The number of benzene rings is 1. The molecule has 1 aromatic carbocycles. The molecule has 0 aliphatic rings. The number of ether oxygens (including phenoxy) is 1. The molecule has 2 N–H and O–H groups in total. The fraction of sp³-hybridized carbons (Fsp3) is 0.286. The zero-order valence-corrected chi connectivity index (χ0v) is 11.4. The Morgan fingerprint density at radius 2 is 2.20 bits per heavy atom. The maximum Gasteiger partial charge on any atom is 0.328 e. The van der Waals surface area contributed by atoms with Gasteiger partial charge in [-0.05, 0) is 31.5 Å². The standard InChI is InChI=1S/C14H16FN3O2/c1-9-14(16)10(2)18(17-9)7-13(19)20-8-11-4-3-5-12(15)6-11/h3-6H,7-8,16H2,1-2H3. The third-order valence-electron chi connectivity index (χ3n) is 3.01. The van der Waals surface area contributed by atoms with Crippen LogP contribution in [0.3, 0.4) is 0 Å². The van der Waals surface area contributed by atoms with Crippen molar-refractivity contribution in [3.63, 3.8) is 0 Å². The Kier molecular flexibility index (Phi) is 4.02. The van der Waals surface area contributed by atoms with Crippen molar-refractivity contribution in [1.82, 2.24) is 9.78 Å². The highest BCUT2D eigenvalue weighted by molar-refractivity contribution is 5.69. The van der Waals surface area contributed by atoms with Crippen molar-refractivity contribution in [2.45, 2.75) is 27.0 Å². The molecule has 0 aliphatic carbocycles. The number of nitrogen functional groups attached to an aromatic ring is 1. The summed E-state index contributed by atoms with van der Waals surface area (Å²) >= 11 is 0. The molecule has 106 valence electrons. The van der Waals surface area contributed by atoms with Crippen LogP contribution in [-0.2, 0) is 22.7 Å². The number of rotatable bonds is 4. The fourth-order valence-corrected chi connectivity index (χ4v) is 1.82. The summed E-state index contributed by atoms with van der Waals surface area (Å²) in [4.78, 5) is 11.7. The van der Waals surface area contributed by atoms with Gasteiger partial charge in [0.25, 0.3) is 0 Å². The number of nitrogens with two attached hydrogens (primary N) is 1. The minimum absolute atomic E-state index is 0.0147. The normalized spacial score (nSPS) is 10.6. The van der Waals surface area contributed by atoms with E-state index in [0.717, 1.165) is 5.69 Å². The molecule has 5 nitrogen and oxygen atoms in total. The van der Waals surface area contributed by atoms with E-state index in [1.165, 1.54) is 16.8 Å². The highest BCUT2D eigenvalue weighted by Crippen LogP contribution is 2.14. The van der Waals surface area contributed by atoms with Crippen molar-refractivity contribution in [1.29, 1.82) is 0 Å². The van der Waals surface area contributed by atoms with E-state index in [4.69, 9.17) is 10.5 Å². The van der Waals surface area contributed by atoms with Crippen LogP contribution < -0.4 is 5.73 Å². The number of esters is 1. The van der Waals surface area contributed by atoms with Crippen LogP contribution >= 0.6 is 0 Å². The van der Waals surface area contributed by atoms with E-state index in [1.807, 2.05) is 0 Å². The van der Waals surface area contributed by atoms with Gasteiger partial charge in [-0.2, -0.15) is 5.10 Å². The van der Waals surface area contributed by atoms with Crippen LogP contribution in [0, 0.1) is 19.7 Å². The fourth-order valence-electron chi connectivity index (χ4n) is 1.82. The molecule has 0 fully saturated rings. The van der Waals surface area contributed by atoms with E-state index in [9.17, 15) is 9.18 Å². The summed E-state index contributed by atoms with van der Waals surface area (Å²) in [6, 6.07) is 5.93. The molecule has 1 heterocycles. The zero-order valence-electron chi connectivity index (χ0n) is 11.4. The summed E-state index contributed by atoms with van der Waals surface area (Å²) in [5.74, 6) is -0.801. The van der Waals surface area contributed by atoms with Crippen molar-refractivity contribution in [2.75, 3.05) is 5.73 Å². The average molecular weight is 277 g/mol. The number of aryl methyl sites for hydroxylation is 1. The number of carbonyl (C=O) groups is 1. The van der Waals surface area contributed by atoms with E-state index in [-0.39, 0.29) is 19.0 Å². The number of hydrogen-bond donors (Lipinski definition) is 1. The van der Waals surface area contributed by atoms with Gasteiger partial charge in [0.15, 0.2) is 0 Å². The molecule has 0 saturated carbocycles. The van der Waals surface area contributed by atoms with Crippen molar-refractivity contribution >= 4 is 11.7 Å². The zero-order chi connectivity index (χ0) is 14.7. The predicted molar refractivity (Wildman–Crippen MR) is 72.3 cm³/mol. The van der Waals surface area contributed by atoms with E-state index >= 15 is 0 Å². The topological polar surface area (TPSA) is 70.1 Å². The van der Waals surface area contributed by atoms with Crippen LogP contribution in [0.2, 0.25) is 0 Å². The van der Waals surface area contributed by atoms with Gasteiger partial charge < -0.3 is 10.5 Å². The van der Waals surface area contributed by atoms with Gasteiger partial charge in [0.1, 0.15) is 19.0 Å². The first-order valence-electron chi connectivity index (χ1n) is 6.17. The molecule has 20 heavy (non-hydrogen) atoms. The molecule has 6 heteroatoms. The lowest BCUT2D eigenvalue weighted by Gasteiger charge is -2.06. The molecule has 1 aromatic heterocycles. The van der Waals surface area contributed by atoms with Crippen LogP contribution in [0.1, 0.15) is 17.0 Å². The monoisotopic (exact) mass is 277 g/mol. The molecule has 0 bridgehead atoms. The number of anilines is 1. The SMILES string of the molecule is Cc1nn(CC(=O)OCc2cccc(F)c2)c(C)c1N. The molecule has 0 unspecified atom stereocenters. The molecular weight excluding hydrogens is 261 g/mol. The summed E-state index contributed by atoms with van der Waals surface area (Å²) in [6.45, 7) is 3.58. The quantitative estimate of drug-likeness (QED) is 0.867. The smallest absolute Gasteiger partial charge is 0.328 e. The van der Waals surface area contributed by atoms with Gasteiger partial charge in [-0.15, -0.1) is 0 Å². The minimum atomic E-state index is -0.445.